The van der Waals surface area contributed by atoms with Gasteiger partial charge in [0.1, 0.15) is 24.2 Å². The highest BCUT2D eigenvalue weighted by molar-refractivity contribution is 6.02. The van der Waals surface area contributed by atoms with Crippen LogP contribution in [-0.4, -0.2) is 155 Å². The van der Waals surface area contributed by atoms with E-state index in [1.54, 1.807) is 27.9 Å². The van der Waals surface area contributed by atoms with Crippen LogP contribution in [0.1, 0.15) is 121 Å². The zero-order valence-electron chi connectivity index (χ0n) is 43.5. The minimum Gasteiger partial charge on any atom is -0.399 e. The zero-order chi connectivity index (χ0) is 54.2. The van der Waals surface area contributed by atoms with Gasteiger partial charge >= 0.3 is 0 Å². The van der Waals surface area contributed by atoms with Crippen LogP contribution in [0, 0.1) is 0 Å². The molecule has 2 saturated heterocycles. The lowest BCUT2D eigenvalue weighted by molar-refractivity contribution is -0.144. The van der Waals surface area contributed by atoms with Gasteiger partial charge in [-0.15, -0.1) is 0 Å². The van der Waals surface area contributed by atoms with Gasteiger partial charge in [-0.1, -0.05) is 48.5 Å². The number of rotatable bonds is 18. The molecular weight excluding hydrogens is 963 g/mol. The second-order valence-corrected chi connectivity index (χ2v) is 20.4. The zero-order valence-corrected chi connectivity index (χ0v) is 43.5. The van der Waals surface area contributed by atoms with E-state index in [2.05, 4.69) is 42.5 Å². The molecule has 12 atom stereocenters. The van der Waals surface area contributed by atoms with E-state index in [0.717, 1.165) is 47.9 Å². The molecule has 21 heteroatoms. The highest BCUT2D eigenvalue weighted by Gasteiger charge is 2.46. The molecule has 2 heterocycles. The normalized spacial score (nSPS) is 23.4. The number of benzene rings is 3. The molecule has 2 aliphatic carbocycles. The Balaban J connectivity index is 1.09. The van der Waals surface area contributed by atoms with Gasteiger partial charge in [-0.3, -0.25) is 38.4 Å². The first-order valence-electron chi connectivity index (χ1n) is 26.0. The van der Waals surface area contributed by atoms with Crippen molar-refractivity contribution in [2.24, 2.45) is 0 Å². The van der Waals surface area contributed by atoms with E-state index in [4.69, 9.17) is 5.73 Å². The molecular formula is C54H73N11O10. The van der Waals surface area contributed by atoms with Crippen LogP contribution in [0.5, 0.6) is 0 Å². The topological polar surface area (TPSA) is 306 Å². The molecule has 8 amide bonds. The van der Waals surface area contributed by atoms with Crippen LogP contribution < -0.4 is 48.3 Å². The average molecular weight is 1040 g/mol. The van der Waals surface area contributed by atoms with Crippen molar-refractivity contribution in [2.45, 2.75) is 152 Å². The summed E-state index contributed by atoms with van der Waals surface area (Å²) in [5.74, 6) is -4.80. The number of nitrogens with one attached hydrogen (secondary N) is 8. The van der Waals surface area contributed by atoms with E-state index in [0.29, 0.717) is 12.8 Å². The molecule has 0 spiro atoms. The van der Waals surface area contributed by atoms with Crippen molar-refractivity contribution in [1.82, 2.24) is 52.3 Å². The fourth-order valence-corrected chi connectivity index (χ4v) is 10.6. The van der Waals surface area contributed by atoms with E-state index in [1.165, 1.54) is 41.8 Å². The number of nitrogens with two attached hydrogens (primary N) is 1. The number of anilines is 1. The third kappa shape index (κ3) is 13.1. The number of aliphatic hydroxyl groups excluding tert-OH is 2. The number of likely N-dealkylation sites (N-methyl/N-ethyl adjacent to an activating group) is 2. The summed E-state index contributed by atoms with van der Waals surface area (Å²) < 4.78 is 0. The Morgan fingerprint density at radius 3 is 1.33 bits per heavy atom. The monoisotopic (exact) mass is 1040 g/mol. The molecule has 2 aliphatic heterocycles. The molecule has 4 aliphatic rings. The van der Waals surface area contributed by atoms with Crippen molar-refractivity contribution in [3.63, 3.8) is 0 Å². The molecule has 0 radical (unpaired) electrons. The third-order valence-electron chi connectivity index (χ3n) is 15.0. The molecule has 404 valence electrons. The number of aryl methyl sites for hydroxylation is 2. The van der Waals surface area contributed by atoms with Gasteiger partial charge in [-0.25, -0.2) is 0 Å². The first-order valence-corrected chi connectivity index (χ1v) is 26.0. The minimum absolute atomic E-state index is 0.0144. The molecule has 0 bridgehead atoms. The Bertz CT molecular complexity index is 2460. The first kappa shape index (κ1) is 55.8. The van der Waals surface area contributed by atoms with Crippen molar-refractivity contribution < 1.29 is 48.6 Å². The maximum absolute atomic E-state index is 14.3. The summed E-state index contributed by atoms with van der Waals surface area (Å²) in [5.41, 5.74) is 10.5. The van der Waals surface area contributed by atoms with Gasteiger partial charge in [0.25, 0.3) is 11.8 Å². The molecule has 7 rings (SSSR count). The number of nitrogen functional groups attached to an aromatic ring is 1. The Morgan fingerprint density at radius 2 is 0.960 bits per heavy atom. The maximum atomic E-state index is 14.3. The second kappa shape index (κ2) is 24.6. The summed E-state index contributed by atoms with van der Waals surface area (Å²) in [4.78, 5) is 114. The Kier molecular flexibility index (Phi) is 18.3. The van der Waals surface area contributed by atoms with E-state index in [-0.39, 0.29) is 54.8 Å². The van der Waals surface area contributed by atoms with Crippen LogP contribution in [0.4, 0.5) is 5.69 Å². The van der Waals surface area contributed by atoms with E-state index in [1.807, 2.05) is 48.5 Å². The molecule has 1 unspecified atom stereocenters. The van der Waals surface area contributed by atoms with Crippen LogP contribution in [0.2, 0.25) is 0 Å². The summed E-state index contributed by atoms with van der Waals surface area (Å²) in [7, 11) is 3.15. The van der Waals surface area contributed by atoms with Gasteiger partial charge in [0.2, 0.25) is 35.4 Å². The fraction of sp³-hybridized carbons (Fsp3) is 0.519. The Labute approximate surface area is 437 Å². The Morgan fingerprint density at radius 1 is 0.573 bits per heavy atom. The Hall–Kier alpha value is -6.94. The number of amides is 8. The van der Waals surface area contributed by atoms with E-state index in [9.17, 15) is 48.6 Å². The maximum Gasteiger partial charge on any atom is 0.251 e. The smallest absolute Gasteiger partial charge is 0.251 e. The lowest BCUT2D eigenvalue weighted by Gasteiger charge is -2.32. The van der Waals surface area contributed by atoms with Crippen molar-refractivity contribution >= 4 is 52.9 Å². The minimum atomic E-state index is -1.42. The van der Waals surface area contributed by atoms with Gasteiger partial charge in [0.15, 0.2) is 0 Å². The summed E-state index contributed by atoms with van der Waals surface area (Å²) in [6.45, 7) is 5.59. The summed E-state index contributed by atoms with van der Waals surface area (Å²) in [6, 6.07) is 11.0. The molecule has 2 fully saturated rings. The molecule has 3 aromatic carbocycles. The summed E-state index contributed by atoms with van der Waals surface area (Å²) in [6.07, 6.45) is 2.01. The van der Waals surface area contributed by atoms with Crippen LogP contribution >= 0.6 is 0 Å². The summed E-state index contributed by atoms with van der Waals surface area (Å²) >= 11 is 0. The van der Waals surface area contributed by atoms with Gasteiger partial charge in [-0.2, -0.15) is 0 Å². The highest BCUT2D eigenvalue weighted by Crippen LogP contribution is 2.33. The molecule has 0 aromatic heterocycles. The first-order chi connectivity index (χ1) is 35.8. The lowest BCUT2D eigenvalue weighted by Crippen LogP contribution is -2.59. The predicted molar refractivity (Wildman–Crippen MR) is 278 cm³/mol. The fourth-order valence-electron chi connectivity index (χ4n) is 10.6. The standard InChI is InChI=1S/C54H73N11O10/c1-28(56-5)47(68)62-45(30(3)66)53(74)64-26-37(24-43(64)51(72)60-41-19-11-15-32-13-7-9-17-39(32)41)58-49(70)34-21-35(23-36(55)22-34)50(71)59-38-25-44(52(73)61-42-20-12-16-33-14-8-10-18-40(33)42)65(27-38)54(75)46(31(4)67)63-48(69)29(2)57-6/h7-10,13-14,17-18,21-23,28-31,37-38,41-46,56-57,66-67H,11-12,15-16,19-20,24-27,55H2,1-6H3,(H,58,70)(H,59,71)(H,60,72)(H,61,73)(H,62,68)(H,63,69)/t28-,29-,30+,31+,37-,38-,41+,42?,43-,44-,45-,46-/m0/s1. The van der Waals surface area contributed by atoms with Gasteiger partial charge in [0.05, 0.1) is 36.4 Å². The predicted octanol–water partition coefficient (Wildman–Crippen LogP) is 0.00200. The van der Waals surface area contributed by atoms with Gasteiger partial charge in [-0.05, 0) is 134 Å². The number of aliphatic hydroxyl groups is 2. The average Bonchev–Trinajstić information content (AvgIpc) is 4.03. The van der Waals surface area contributed by atoms with Crippen molar-refractivity contribution in [1.29, 1.82) is 0 Å². The quantitative estimate of drug-likeness (QED) is 0.0750. The molecule has 75 heavy (non-hydrogen) atoms. The van der Waals surface area contributed by atoms with Gasteiger partial charge < -0.3 is 68.3 Å². The van der Waals surface area contributed by atoms with Crippen molar-refractivity contribution in [3.05, 3.63) is 100 Å². The largest absolute Gasteiger partial charge is 0.399 e. The number of likely N-dealkylation sites (tertiary alicyclic amines) is 2. The van der Waals surface area contributed by atoms with Crippen LogP contribution in [0.15, 0.2) is 66.7 Å². The van der Waals surface area contributed by atoms with Crippen molar-refractivity contribution in [2.75, 3.05) is 32.9 Å². The number of nitrogens with zero attached hydrogens (tertiary/aromatic N) is 2. The van der Waals surface area contributed by atoms with Crippen LogP contribution in [0.25, 0.3) is 0 Å². The molecule has 12 N–H and O–H groups in total. The van der Waals surface area contributed by atoms with E-state index >= 15 is 0 Å². The SMILES string of the molecule is CN[C@@H](C)C(=O)N[C@H](C(=O)N1C[C@@H](NC(=O)c2cc(N)cc(C(=O)N[C@H]3C[C@@H](C(=O)N[C@@H]4CCCc5ccccc54)N(C(=O)[C@@H](NC(=O)[C@H](C)NC)[C@@H](C)O)C3)c2)C[C@H]1C(=O)NC1CCCc2ccccc21)[C@@H](C)O. The van der Waals surface area contributed by atoms with E-state index < -0.39 is 108 Å². The summed E-state index contributed by atoms with van der Waals surface area (Å²) in [5, 5.41) is 44.5. The number of carbonyl (C=O) groups is 8. The van der Waals surface area contributed by atoms with Gasteiger partial charge in [0, 0.05) is 42.0 Å². The van der Waals surface area contributed by atoms with Crippen molar-refractivity contribution in [3.8, 4) is 0 Å². The number of carbonyl (C=O) groups excluding carboxylic acids is 8. The number of fused-ring (bicyclic) bond motifs is 2. The van der Waals surface area contributed by atoms with Crippen LogP contribution in [0.3, 0.4) is 0 Å². The van der Waals surface area contributed by atoms with Crippen LogP contribution in [-0.2, 0) is 41.6 Å². The second-order valence-electron chi connectivity index (χ2n) is 20.4. The molecule has 21 nitrogen and oxygen atoms in total. The number of hydrogen-bond donors (Lipinski definition) is 11. The molecule has 3 aromatic rings. The third-order valence-corrected chi connectivity index (χ3v) is 15.0. The number of hydrogen-bond acceptors (Lipinski definition) is 13. The highest BCUT2D eigenvalue weighted by atomic mass is 16.3. The molecule has 0 saturated carbocycles. The lowest BCUT2D eigenvalue weighted by atomic mass is 9.87.